The van der Waals surface area contributed by atoms with Gasteiger partial charge < -0.3 is 10.1 Å². The van der Waals surface area contributed by atoms with Crippen molar-refractivity contribution in [3.8, 4) is 6.07 Å². The fourth-order valence-electron chi connectivity index (χ4n) is 2.10. The molecule has 1 N–H and O–H groups in total. The fourth-order valence-corrected chi connectivity index (χ4v) is 2.60. The Kier molecular flexibility index (Phi) is 6.32. The van der Waals surface area contributed by atoms with Gasteiger partial charge in [-0.1, -0.05) is 11.8 Å². The maximum Gasteiger partial charge on any atom is 0.288 e. The predicted molar refractivity (Wildman–Crippen MR) is 84.3 cm³/mol. The van der Waals surface area contributed by atoms with E-state index in [0.29, 0.717) is 47.4 Å². The predicted octanol–water partition coefficient (Wildman–Crippen LogP) is 3.34. The van der Waals surface area contributed by atoms with Crippen LogP contribution in [-0.4, -0.2) is 24.1 Å². The van der Waals surface area contributed by atoms with Crippen LogP contribution in [0.3, 0.4) is 0 Å². The number of ketones is 1. The van der Waals surface area contributed by atoms with Gasteiger partial charge in [-0.05, 0) is 37.1 Å². The van der Waals surface area contributed by atoms with Gasteiger partial charge in [0.05, 0.1) is 18.9 Å². The number of hydrogen-bond acceptors (Lipinski definition) is 5. The van der Waals surface area contributed by atoms with Crippen molar-refractivity contribution in [1.29, 1.82) is 5.26 Å². The molecule has 0 saturated heterocycles. The molecule has 0 aliphatic carbocycles. The first kappa shape index (κ1) is 17.9. The maximum absolute atomic E-state index is 12.3. The number of ether oxygens (including phenoxy) is 1. The molecule has 1 aromatic rings. The molecule has 1 aliphatic rings. The zero-order valence-electron chi connectivity index (χ0n) is 12.5. The third-order valence-electron chi connectivity index (χ3n) is 3.25. The van der Waals surface area contributed by atoms with E-state index < -0.39 is 23.4 Å². The maximum atomic E-state index is 12.3. The molecular formula is C16H14F2N2O3S. The lowest BCUT2D eigenvalue weighted by atomic mass is 9.95. The van der Waals surface area contributed by atoms with E-state index in [1.54, 1.807) is 6.07 Å². The molecule has 5 nitrogen and oxygen atoms in total. The van der Waals surface area contributed by atoms with E-state index in [1.165, 1.54) is 30.5 Å². The highest BCUT2D eigenvalue weighted by Crippen LogP contribution is 2.26. The number of carbonyl (C=O) groups is 2. The number of anilines is 1. The van der Waals surface area contributed by atoms with Crippen LogP contribution in [0.5, 0.6) is 0 Å². The standard InChI is InChI=1S/C16H14F2N2O3S/c17-16(18)24-12-5-3-11(4-6-12)20-15(22)13(8-19)14(21)10-2-1-7-23-9-10/h3-6,9,13,16H,1-2,7H2,(H,20,22)/t13-/m0/s1. The number of alkyl halides is 2. The lowest BCUT2D eigenvalue weighted by Crippen LogP contribution is -2.30. The van der Waals surface area contributed by atoms with Crippen molar-refractivity contribution in [3.63, 3.8) is 0 Å². The van der Waals surface area contributed by atoms with Crippen molar-refractivity contribution in [2.24, 2.45) is 5.92 Å². The minimum Gasteiger partial charge on any atom is -0.501 e. The second-order valence-corrected chi connectivity index (χ2v) is 6.00. The molecule has 0 fully saturated rings. The van der Waals surface area contributed by atoms with E-state index in [4.69, 9.17) is 10.00 Å². The average molecular weight is 352 g/mol. The average Bonchev–Trinajstić information content (AvgIpc) is 2.57. The van der Waals surface area contributed by atoms with Crippen LogP contribution in [0.2, 0.25) is 0 Å². The highest BCUT2D eigenvalue weighted by atomic mass is 32.2. The Morgan fingerprint density at radius 2 is 2.00 bits per heavy atom. The minimum absolute atomic E-state index is 0.312. The summed E-state index contributed by atoms with van der Waals surface area (Å²) < 4.78 is 29.6. The lowest BCUT2D eigenvalue weighted by Gasteiger charge is -2.15. The summed E-state index contributed by atoms with van der Waals surface area (Å²) in [4.78, 5) is 24.7. The Bertz CT molecular complexity index is 684. The summed E-state index contributed by atoms with van der Waals surface area (Å²) in [5.41, 5.74) is 0.632. The second-order valence-electron chi connectivity index (χ2n) is 4.94. The summed E-state index contributed by atoms with van der Waals surface area (Å²) in [6, 6.07) is 7.41. The number of thioether (sulfide) groups is 1. The van der Waals surface area contributed by atoms with E-state index >= 15 is 0 Å². The Hall–Kier alpha value is -2.40. The number of Topliss-reactive ketones (excluding diaryl/α,β-unsaturated/α-hetero) is 1. The Labute approximate surface area is 141 Å². The number of carbonyl (C=O) groups excluding carboxylic acids is 2. The molecule has 1 aliphatic heterocycles. The number of rotatable bonds is 6. The van der Waals surface area contributed by atoms with Crippen LogP contribution >= 0.6 is 11.8 Å². The highest BCUT2D eigenvalue weighted by Gasteiger charge is 2.30. The third-order valence-corrected chi connectivity index (χ3v) is 3.97. The number of hydrogen-bond donors (Lipinski definition) is 1. The SMILES string of the molecule is N#C[C@H](C(=O)Nc1ccc(SC(F)F)cc1)C(=O)C1=COCCC1. The van der Waals surface area contributed by atoms with Crippen LogP contribution < -0.4 is 5.32 Å². The van der Waals surface area contributed by atoms with Gasteiger partial charge in [-0.3, -0.25) is 9.59 Å². The molecule has 1 heterocycles. The summed E-state index contributed by atoms with van der Waals surface area (Å²) in [6.45, 7) is 0.503. The van der Waals surface area contributed by atoms with Crippen molar-refractivity contribution < 1.29 is 23.1 Å². The molecule has 24 heavy (non-hydrogen) atoms. The molecule has 1 amide bonds. The van der Waals surface area contributed by atoms with Crippen molar-refractivity contribution in [2.75, 3.05) is 11.9 Å². The number of nitriles is 1. The normalized spacial score (nSPS) is 15.0. The van der Waals surface area contributed by atoms with Crippen LogP contribution in [0.25, 0.3) is 0 Å². The fraction of sp³-hybridized carbons (Fsp3) is 0.312. The topological polar surface area (TPSA) is 79.2 Å². The van der Waals surface area contributed by atoms with Crippen LogP contribution in [0, 0.1) is 17.2 Å². The molecule has 1 atom stereocenters. The van der Waals surface area contributed by atoms with Crippen LogP contribution in [0.1, 0.15) is 12.8 Å². The Balaban J connectivity index is 2.02. The van der Waals surface area contributed by atoms with Crippen LogP contribution in [0.4, 0.5) is 14.5 Å². The van der Waals surface area contributed by atoms with Crippen molar-refractivity contribution in [2.45, 2.75) is 23.5 Å². The molecule has 8 heteroatoms. The summed E-state index contributed by atoms with van der Waals surface area (Å²) in [6.07, 6.45) is 2.41. The molecule has 0 unspecified atom stereocenters. The van der Waals surface area contributed by atoms with Crippen molar-refractivity contribution in [1.82, 2.24) is 0 Å². The number of nitrogens with zero attached hydrogens (tertiary/aromatic N) is 1. The number of nitrogens with one attached hydrogen (secondary N) is 1. The number of allylic oxidation sites excluding steroid dienone is 1. The molecule has 0 saturated carbocycles. The second kappa shape index (κ2) is 8.45. The number of halogens is 2. The largest absolute Gasteiger partial charge is 0.501 e. The van der Waals surface area contributed by atoms with Gasteiger partial charge in [0.25, 0.3) is 5.76 Å². The quantitative estimate of drug-likeness (QED) is 0.627. The van der Waals surface area contributed by atoms with E-state index in [9.17, 15) is 18.4 Å². The third kappa shape index (κ3) is 4.80. The highest BCUT2D eigenvalue weighted by molar-refractivity contribution is 7.99. The van der Waals surface area contributed by atoms with E-state index in [-0.39, 0.29) is 0 Å². The summed E-state index contributed by atoms with van der Waals surface area (Å²) >= 11 is 0.387. The van der Waals surface area contributed by atoms with Gasteiger partial charge in [-0.25, -0.2) is 0 Å². The molecule has 0 aromatic heterocycles. The molecule has 126 valence electrons. The number of benzene rings is 1. The Morgan fingerprint density at radius 1 is 1.29 bits per heavy atom. The summed E-state index contributed by atoms with van der Waals surface area (Å²) in [5, 5.41) is 11.6. The monoisotopic (exact) mass is 352 g/mol. The first-order chi connectivity index (χ1) is 11.5. The zero-order chi connectivity index (χ0) is 17.5. The van der Waals surface area contributed by atoms with E-state index in [1.807, 2.05) is 0 Å². The van der Waals surface area contributed by atoms with Gasteiger partial charge in [0.2, 0.25) is 5.91 Å². The van der Waals surface area contributed by atoms with Gasteiger partial charge in [0.1, 0.15) is 0 Å². The van der Waals surface area contributed by atoms with Crippen LogP contribution in [-0.2, 0) is 14.3 Å². The van der Waals surface area contributed by atoms with Crippen LogP contribution in [0.15, 0.2) is 41.0 Å². The Morgan fingerprint density at radius 3 is 2.54 bits per heavy atom. The summed E-state index contributed by atoms with van der Waals surface area (Å²) in [7, 11) is 0. The summed E-state index contributed by atoms with van der Waals surface area (Å²) in [5.74, 6) is -5.35. The van der Waals surface area contributed by atoms with Gasteiger partial charge in [0, 0.05) is 16.2 Å². The molecule has 0 bridgehead atoms. The van der Waals surface area contributed by atoms with Crippen molar-refractivity contribution in [3.05, 3.63) is 36.1 Å². The number of amides is 1. The molecule has 1 aromatic carbocycles. The first-order valence-electron chi connectivity index (χ1n) is 7.11. The van der Waals surface area contributed by atoms with E-state index in [0.717, 1.165) is 0 Å². The van der Waals surface area contributed by atoms with Gasteiger partial charge in [-0.2, -0.15) is 14.0 Å². The van der Waals surface area contributed by atoms with Crippen molar-refractivity contribution >= 4 is 29.1 Å². The lowest BCUT2D eigenvalue weighted by molar-refractivity contribution is -0.127. The van der Waals surface area contributed by atoms with E-state index in [2.05, 4.69) is 5.32 Å². The zero-order valence-corrected chi connectivity index (χ0v) is 13.3. The molecule has 0 radical (unpaired) electrons. The van der Waals surface area contributed by atoms with Gasteiger partial charge in [0.15, 0.2) is 11.7 Å². The van der Waals surface area contributed by atoms with Gasteiger partial charge >= 0.3 is 0 Å². The van der Waals surface area contributed by atoms with Gasteiger partial charge in [-0.15, -0.1) is 0 Å². The molecule has 0 spiro atoms. The smallest absolute Gasteiger partial charge is 0.288 e. The first-order valence-corrected chi connectivity index (χ1v) is 7.99. The minimum atomic E-state index is -2.53. The molecular weight excluding hydrogens is 338 g/mol. The molecule has 2 rings (SSSR count).